The lowest BCUT2D eigenvalue weighted by Crippen LogP contribution is -2.30. The zero-order valence-corrected chi connectivity index (χ0v) is 12.4. The number of carbonyl (C=O) groups excluding carboxylic acids is 1. The molecule has 23 heavy (non-hydrogen) atoms. The van der Waals surface area contributed by atoms with Gasteiger partial charge in [-0.2, -0.15) is 0 Å². The molecule has 2 aromatic carbocycles. The summed E-state index contributed by atoms with van der Waals surface area (Å²) in [6.45, 7) is 0.572. The molecule has 0 unspecified atom stereocenters. The molecule has 0 saturated heterocycles. The molecule has 0 saturated carbocycles. The van der Waals surface area contributed by atoms with Crippen LogP contribution >= 0.6 is 0 Å². The van der Waals surface area contributed by atoms with Crippen molar-refractivity contribution in [1.29, 1.82) is 0 Å². The zero-order chi connectivity index (χ0) is 16.1. The van der Waals surface area contributed by atoms with Crippen molar-refractivity contribution in [3.8, 4) is 17.2 Å². The standard InChI is InChI=1S/C17H16FNO4/c18-13-2-1-3-14(9-13)21-10-17(20)19-7-6-12-4-5-15-16(8-12)23-11-22-15/h1-5,8-9H,6-7,10-11H2,(H,19,20). The second kappa shape index (κ2) is 7.00. The molecule has 1 aliphatic heterocycles. The van der Waals surface area contributed by atoms with Crippen LogP contribution in [0.25, 0.3) is 0 Å². The summed E-state index contributed by atoms with van der Waals surface area (Å²) in [5, 5.41) is 2.75. The van der Waals surface area contributed by atoms with Gasteiger partial charge in [0, 0.05) is 12.6 Å². The molecule has 0 radical (unpaired) electrons. The van der Waals surface area contributed by atoms with Gasteiger partial charge in [0.05, 0.1) is 0 Å². The summed E-state index contributed by atoms with van der Waals surface area (Å²) in [4.78, 5) is 11.7. The number of benzene rings is 2. The topological polar surface area (TPSA) is 56.8 Å². The fourth-order valence-electron chi connectivity index (χ4n) is 2.20. The first kappa shape index (κ1) is 15.1. The van der Waals surface area contributed by atoms with Gasteiger partial charge in [0.1, 0.15) is 11.6 Å². The van der Waals surface area contributed by atoms with Crippen molar-refractivity contribution >= 4 is 5.91 Å². The van der Waals surface area contributed by atoms with Gasteiger partial charge in [-0.15, -0.1) is 0 Å². The number of hydrogen-bond acceptors (Lipinski definition) is 4. The molecule has 1 amide bonds. The number of carbonyl (C=O) groups is 1. The van der Waals surface area contributed by atoms with Gasteiger partial charge in [0.2, 0.25) is 6.79 Å². The summed E-state index contributed by atoms with van der Waals surface area (Å²) in [5.74, 6) is 1.14. The lowest BCUT2D eigenvalue weighted by molar-refractivity contribution is -0.123. The summed E-state index contributed by atoms with van der Waals surface area (Å²) >= 11 is 0. The summed E-state index contributed by atoms with van der Waals surface area (Å²) in [6.07, 6.45) is 0.669. The molecule has 0 atom stereocenters. The van der Waals surface area contributed by atoms with Crippen LogP contribution in [0.1, 0.15) is 5.56 Å². The summed E-state index contributed by atoms with van der Waals surface area (Å²) in [5.41, 5.74) is 1.04. The van der Waals surface area contributed by atoms with Crippen molar-refractivity contribution in [3.05, 3.63) is 53.8 Å². The van der Waals surface area contributed by atoms with Crippen LogP contribution in [0.5, 0.6) is 17.2 Å². The van der Waals surface area contributed by atoms with E-state index in [-0.39, 0.29) is 19.3 Å². The van der Waals surface area contributed by atoms with Crippen LogP contribution in [0.15, 0.2) is 42.5 Å². The largest absolute Gasteiger partial charge is 0.484 e. The van der Waals surface area contributed by atoms with E-state index in [0.29, 0.717) is 18.7 Å². The maximum Gasteiger partial charge on any atom is 0.257 e. The number of amides is 1. The van der Waals surface area contributed by atoms with Gasteiger partial charge >= 0.3 is 0 Å². The molecule has 120 valence electrons. The van der Waals surface area contributed by atoms with Crippen molar-refractivity contribution < 1.29 is 23.4 Å². The Morgan fingerprint density at radius 2 is 2.04 bits per heavy atom. The average molecular weight is 317 g/mol. The lowest BCUT2D eigenvalue weighted by atomic mass is 10.1. The highest BCUT2D eigenvalue weighted by Gasteiger charge is 2.13. The van der Waals surface area contributed by atoms with E-state index in [4.69, 9.17) is 14.2 Å². The molecule has 1 aliphatic rings. The number of rotatable bonds is 6. The van der Waals surface area contributed by atoms with E-state index in [0.717, 1.165) is 17.1 Å². The maximum absolute atomic E-state index is 13.0. The van der Waals surface area contributed by atoms with Gasteiger partial charge in [-0.3, -0.25) is 4.79 Å². The van der Waals surface area contributed by atoms with Crippen molar-refractivity contribution in [1.82, 2.24) is 5.32 Å². The molecular formula is C17H16FNO4. The van der Waals surface area contributed by atoms with Crippen LogP contribution in [0.4, 0.5) is 4.39 Å². The first-order valence-corrected chi connectivity index (χ1v) is 7.24. The van der Waals surface area contributed by atoms with Crippen LogP contribution in [0.3, 0.4) is 0 Å². The molecular weight excluding hydrogens is 301 g/mol. The predicted molar refractivity (Wildman–Crippen MR) is 81.2 cm³/mol. The lowest BCUT2D eigenvalue weighted by Gasteiger charge is -2.08. The number of halogens is 1. The highest BCUT2D eigenvalue weighted by molar-refractivity contribution is 5.77. The van der Waals surface area contributed by atoms with E-state index in [1.165, 1.54) is 18.2 Å². The molecule has 0 bridgehead atoms. The Bertz CT molecular complexity index is 705. The first-order valence-electron chi connectivity index (χ1n) is 7.24. The van der Waals surface area contributed by atoms with Crippen LogP contribution in [-0.2, 0) is 11.2 Å². The number of fused-ring (bicyclic) bond motifs is 1. The van der Waals surface area contributed by atoms with Crippen LogP contribution in [-0.4, -0.2) is 25.9 Å². The van der Waals surface area contributed by atoms with Crippen LogP contribution in [0.2, 0.25) is 0 Å². The number of hydrogen-bond donors (Lipinski definition) is 1. The fourth-order valence-corrected chi connectivity index (χ4v) is 2.20. The quantitative estimate of drug-likeness (QED) is 0.888. The van der Waals surface area contributed by atoms with Gasteiger partial charge in [-0.25, -0.2) is 4.39 Å². The Labute approximate surface area is 133 Å². The van der Waals surface area contributed by atoms with Gasteiger partial charge in [-0.05, 0) is 36.2 Å². The average Bonchev–Trinajstić information content (AvgIpc) is 3.01. The Kier molecular flexibility index (Phi) is 4.61. The number of nitrogens with one attached hydrogen (secondary N) is 1. The third-order valence-electron chi connectivity index (χ3n) is 3.34. The third-order valence-corrected chi connectivity index (χ3v) is 3.34. The molecule has 1 N–H and O–H groups in total. The third kappa shape index (κ3) is 4.12. The Morgan fingerprint density at radius 1 is 1.17 bits per heavy atom. The fraction of sp³-hybridized carbons (Fsp3) is 0.235. The van der Waals surface area contributed by atoms with Crippen molar-refractivity contribution in [2.24, 2.45) is 0 Å². The molecule has 2 aromatic rings. The molecule has 0 fully saturated rings. The van der Waals surface area contributed by atoms with Crippen molar-refractivity contribution in [2.45, 2.75) is 6.42 Å². The van der Waals surface area contributed by atoms with E-state index < -0.39 is 5.82 Å². The normalized spacial score (nSPS) is 12.0. The number of ether oxygens (including phenoxy) is 3. The molecule has 0 aliphatic carbocycles. The Hall–Kier alpha value is -2.76. The highest BCUT2D eigenvalue weighted by atomic mass is 19.1. The van der Waals surface area contributed by atoms with Gasteiger partial charge in [-0.1, -0.05) is 12.1 Å². The molecule has 0 aromatic heterocycles. The maximum atomic E-state index is 13.0. The molecule has 1 heterocycles. The van der Waals surface area contributed by atoms with E-state index in [9.17, 15) is 9.18 Å². The minimum Gasteiger partial charge on any atom is -0.484 e. The minimum atomic E-state index is -0.397. The molecule has 5 nitrogen and oxygen atoms in total. The van der Waals surface area contributed by atoms with Crippen LogP contribution in [0, 0.1) is 5.82 Å². The Balaban J connectivity index is 1.41. The first-order chi connectivity index (χ1) is 11.2. The minimum absolute atomic E-state index is 0.148. The summed E-state index contributed by atoms with van der Waals surface area (Å²) in [6, 6.07) is 11.4. The molecule has 0 spiro atoms. The summed E-state index contributed by atoms with van der Waals surface area (Å²) in [7, 11) is 0. The predicted octanol–water partition coefficient (Wildman–Crippen LogP) is 2.29. The van der Waals surface area contributed by atoms with E-state index in [2.05, 4.69) is 5.32 Å². The zero-order valence-electron chi connectivity index (χ0n) is 12.4. The SMILES string of the molecule is O=C(COc1cccc(F)c1)NCCc1ccc2c(c1)OCO2. The van der Waals surface area contributed by atoms with E-state index in [1.54, 1.807) is 6.07 Å². The van der Waals surface area contributed by atoms with Gasteiger partial charge in [0.15, 0.2) is 18.1 Å². The summed E-state index contributed by atoms with van der Waals surface area (Å²) < 4.78 is 28.7. The second-order valence-electron chi connectivity index (χ2n) is 5.03. The highest BCUT2D eigenvalue weighted by Crippen LogP contribution is 2.32. The van der Waals surface area contributed by atoms with E-state index >= 15 is 0 Å². The molecule has 6 heteroatoms. The van der Waals surface area contributed by atoms with Crippen molar-refractivity contribution in [3.63, 3.8) is 0 Å². The van der Waals surface area contributed by atoms with Crippen molar-refractivity contribution in [2.75, 3.05) is 19.9 Å². The van der Waals surface area contributed by atoms with E-state index in [1.807, 2.05) is 18.2 Å². The monoisotopic (exact) mass is 317 g/mol. The molecule has 3 rings (SSSR count). The van der Waals surface area contributed by atoms with Crippen LogP contribution < -0.4 is 19.5 Å². The second-order valence-corrected chi connectivity index (χ2v) is 5.03. The smallest absolute Gasteiger partial charge is 0.257 e. The van der Waals surface area contributed by atoms with Gasteiger partial charge < -0.3 is 19.5 Å². The van der Waals surface area contributed by atoms with Gasteiger partial charge in [0.25, 0.3) is 5.91 Å². The Morgan fingerprint density at radius 3 is 2.91 bits per heavy atom.